The lowest BCUT2D eigenvalue weighted by molar-refractivity contribution is 0.189. The van der Waals surface area contributed by atoms with E-state index in [2.05, 4.69) is 36.1 Å². The second-order valence-corrected chi connectivity index (χ2v) is 7.05. The zero-order valence-corrected chi connectivity index (χ0v) is 15.7. The quantitative estimate of drug-likeness (QED) is 0.831. The average molecular weight is 347 g/mol. The fraction of sp³-hybridized carbons (Fsp3) is 0.500. The first-order valence-corrected chi connectivity index (χ1v) is 9.24. The summed E-state index contributed by atoms with van der Waals surface area (Å²) in [6.07, 6.45) is 6.12. The molecule has 1 N–H and O–H groups in total. The molecule has 0 aromatic carbocycles. The summed E-state index contributed by atoms with van der Waals surface area (Å²) in [6.45, 7) is 6.91. The summed E-state index contributed by atoms with van der Waals surface area (Å²) in [5.74, 6) is 0. The predicted octanol–water partition coefficient (Wildman–Crippen LogP) is 3.74. The number of hydrogen-bond donors (Lipinski definition) is 1. The number of carbonyl (C=O) groups excluding carboxylic acids is 1. The topological polar surface area (TPSA) is 58.1 Å². The monoisotopic (exact) mass is 346 g/mol. The SMILES string of the molecule is CCc1nc(CCNC(=O)N(C)[C@@H](CC)c2ccncc2)sc1C. The Morgan fingerprint density at radius 1 is 1.33 bits per heavy atom. The van der Waals surface area contributed by atoms with Gasteiger partial charge in [0.2, 0.25) is 0 Å². The molecule has 2 aromatic rings. The average Bonchev–Trinajstić information content (AvgIpc) is 2.96. The van der Waals surface area contributed by atoms with E-state index < -0.39 is 0 Å². The van der Waals surface area contributed by atoms with Crippen LogP contribution < -0.4 is 5.32 Å². The molecule has 1 atom stereocenters. The summed E-state index contributed by atoms with van der Waals surface area (Å²) >= 11 is 1.72. The van der Waals surface area contributed by atoms with Crippen LogP contribution in [-0.2, 0) is 12.8 Å². The molecule has 0 unspecified atom stereocenters. The van der Waals surface area contributed by atoms with Crippen LogP contribution in [-0.4, -0.2) is 34.5 Å². The minimum absolute atomic E-state index is 0.0531. The highest BCUT2D eigenvalue weighted by molar-refractivity contribution is 7.11. The van der Waals surface area contributed by atoms with Gasteiger partial charge >= 0.3 is 6.03 Å². The minimum atomic E-state index is -0.0531. The van der Waals surface area contributed by atoms with Gasteiger partial charge in [0.25, 0.3) is 0 Å². The lowest BCUT2D eigenvalue weighted by atomic mass is 10.1. The van der Waals surface area contributed by atoms with Gasteiger partial charge < -0.3 is 10.2 Å². The zero-order valence-electron chi connectivity index (χ0n) is 14.9. The predicted molar refractivity (Wildman–Crippen MR) is 98.4 cm³/mol. The third-order valence-electron chi connectivity index (χ3n) is 4.15. The number of aromatic nitrogens is 2. The summed E-state index contributed by atoms with van der Waals surface area (Å²) in [5, 5.41) is 4.09. The Kier molecular flexibility index (Phi) is 6.73. The molecule has 2 aromatic heterocycles. The van der Waals surface area contributed by atoms with E-state index in [9.17, 15) is 4.79 Å². The van der Waals surface area contributed by atoms with E-state index >= 15 is 0 Å². The van der Waals surface area contributed by atoms with Crippen molar-refractivity contribution in [3.63, 3.8) is 0 Å². The first-order valence-electron chi connectivity index (χ1n) is 8.42. The third kappa shape index (κ3) is 4.54. The molecule has 2 heterocycles. The van der Waals surface area contributed by atoms with Crippen LogP contribution in [0.25, 0.3) is 0 Å². The lowest BCUT2D eigenvalue weighted by Crippen LogP contribution is -2.40. The van der Waals surface area contributed by atoms with Gasteiger partial charge in [-0.15, -0.1) is 11.3 Å². The van der Waals surface area contributed by atoms with E-state index in [1.54, 1.807) is 28.6 Å². The Labute approximate surface area is 148 Å². The van der Waals surface area contributed by atoms with Gasteiger partial charge in [-0.25, -0.2) is 9.78 Å². The molecule has 2 amide bonds. The fourth-order valence-electron chi connectivity index (χ4n) is 2.78. The smallest absolute Gasteiger partial charge is 0.317 e. The fourth-order valence-corrected chi connectivity index (χ4v) is 3.81. The number of urea groups is 1. The highest BCUT2D eigenvalue weighted by Crippen LogP contribution is 2.22. The van der Waals surface area contributed by atoms with Gasteiger partial charge in [-0.2, -0.15) is 0 Å². The maximum absolute atomic E-state index is 12.4. The molecule has 0 saturated carbocycles. The van der Waals surface area contributed by atoms with Gasteiger partial charge in [0.1, 0.15) is 0 Å². The van der Waals surface area contributed by atoms with Crippen molar-refractivity contribution >= 4 is 17.4 Å². The number of nitrogens with one attached hydrogen (secondary N) is 1. The summed E-state index contributed by atoms with van der Waals surface area (Å²) in [6, 6.07) is 3.93. The number of nitrogens with zero attached hydrogens (tertiary/aromatic N) is 3. The normalized spacial score (nSPS) is 12.0. The summed E-state index contributed by atoms with van der Waals surface area (Å²) in [7, 11) is 1.84. The molecule has 2 rings (SSSR count). The summed E-state index contributed by atoms with van der Waals surface area (Å²) in [5.41, 5.74) is 2.27. The molecule has 24 heavy (non-hydrogen) atoms. The van der Waals surface area contributed by atoms with Crippen molar-refractivity contribution in [1.29, 1.82) is 0 Å². The largest absolute Gasteiger partial charge is 0.338 e. The van der Waals surface area contributed by atoms with Gasteiger partial charge in [-0.3, -0.25) is 4.98 Å². The van der Waals surface area contributed by atoms with E-state index in [-0.39, 0.29) is 12.1 Å². The van der Waals surface area contributed by atoms with Crippen LogP contribution in [0.4, 0.5) is 4.79 Å². The number of hydrogen-bond acceptors (Lipinski definition) is 4. The summed E-state index contributed by atoms with van der Waals surface area (Å²) < 4.78 is 0. The highest BCUT2D eigenvalue weighted by atomic mass is 32.1. The van der Waals surface area contributed by atoms with Crippen molar-refractivity contribution in [2.24, 2.45) is 0 Å². The second-order valence-electron chi connectivity index (χ2n) is 5.76. The van der Waals surface area contributed by atoms with Crippen molar-refractivity contribution in [1.82, 2.24) is 20.2 Å². The molecule has 0 radical (unpaired) electrons. The molecular formula is C18H26N4OS. The Balaban J connectivity index is 1.88. The first kappa shape index (κ1) is 18.4. The van der Waals surface area contributed by atoms with Crippen LogP contribution in [0.2, 0.25) is 0 Å². The Bertz CT molecular complexity index is 656. The number of aryl methyl sites for hydroxylation is 2. The van der Waals surface area contributed by atoms with E-state index in [1.165, 1.54) is 10.6 Å². The van der Waals surface area contributed by atoms with E-state index in [0.29, 0.717) is 6.54 Å². The molecule has 130 valence electrons. The molecule has 0 spiro atoms. The van der Waals surface area contributed by atoms with Crippen LogP contribution >= 0.6 is 11.3 Å². The molecule has 0 aliphatic rings. The van der Waals surface area contributed by atoms with Gasteiger partial charge in [0.05, 0.1) is 16.7 Å². The first-order chi connectivity index (χ1) is 11.6. The number of amides is 2. The van der Waals surface area contributed by atoms with Crippen molar-refractivity contribution in [2.45, 2.75) is 46.1 Å². The highest BCUT2D eigenvalue weighted by Gasteiger charge is 2.19. The Morgan fingerprint density at radius 2 is 2.04 bits per heavy atom. The van der Waals surface area contributed by atoms with Gasteiger partial charge in [0, 0.05) is 37.3 Å². The van der Waals surface area contributed by atoms with Crippen LogP contribution in [0.1, 0.15) is 47.5 Å². The van der Waals surface area contributed by atoms with Crippen LogP contribution in [0, 0.1) is 6.92 Å². The molecule has 0 aliphatic carbocycles. The zero-order chi connectivity index (χ0) is 17.5. The maximum Gasteiger partial charge on any atom is 0.317 e. The minimum Gasteiger partial charge on any atom is -0.338 e. The van der Waals surface area contributed by atoms with Gasteiger partial charge in [-0.1, -0.05) is 13.8 Å². The van der Waals surface area contributed by atoms with E-state index in [0.717, 1.165) is 29.8 Å². The van der Waals surface area contributed by atoms with Crippen molar-refractivity contribution in [3.05, 3.63) is 45.7 Å². The Hall–Kier alpha value is -1.95. The molecule has 6 heteroatoms. The summed E-state index contributed by atoms with van der Waals surface area (Å²) in [4.78, 5) is 24.1. The van der Waals surface area contributed by atoms with Gasteiger partial charge in [0.15, 0.2) is 0 Å². The molecule has 0 saturated heterocycles. The second kappa shape index (κ2) is 8.78. The van der Waals surface area contributed by atoms with Crippen molar-refractivity contribution in [3.8, 4) is 0 Å². The lowest BCUT2D eigenvalue weighted by Gasteiger charge is -2.27. The molecule has 0 fully saturated rings. The number of rotatable bonds is 7. The Morgan fingerprint density at radius 3 is 2.62 bits per heavy atom. The molecule has 0 bridgehead atoms. The molecule has 5 nitrogen and oxygen atoms in total. The van der Waals surface area contributed by atoms with Crippen LogP contribution in [0.3, 0.4) is 0 Å². The van der Waals surface area contributed by atoms with Crippen molar-refractivity contribution in [2.75, 3.05) is 13.6 Å². The van der Waals surface area contributed by atoms with Crippen LogP contribution in [0.15, 0.2) is 24.5 Å². The van der Waals surface area contributed by atoms with Crippen LogP contribution in [0.5, 0.6) is 0 Å². The number of carbonyl (C=O) groups is 1. The van der Waals surface area contributed by atoms with E-state index in [1.807, 2.05) is 19.2 Å². The third-order valence-corrected chi connectivity index (χ3v) is 5.23. The standard InChI is InChI=1S/C18H26N4OS/c1-5-15-13(3)24-17(21-15)9-12-20-18(23)22(4)16(6-2)14-7-10-19-11-8-14/h7-8,10-11,16H,5-6,9,12H2,1-4H3,(H,20,23)/t16-/m0/s1. The van der Waals surface area contributed by atoms with Crippen molar-refractivity contribution < 1.29 is 4.79 Å². The maximum atomic E-state index is 12.4. The van der Waals surface area contributed by atoms with E-state index in [4.69, 9.17) is 0 Å². The molecule has 0 aliphatic heterocycles. The number of pyridine rings is 1. The van der Waals surface area contributed by atoms with Gasteiger partial charge in [-0.05, 0) is 37.5 Å². The molecular weight excluding hydrogens is 320 g/mol. The number of thiazole rings is 1.